The summed E-state index contributed by atoms with van der Waals surface area (Å²) in [5.74, 6) is -0.349. The summed E-state index contributed by atoms with van der Waals surface area (Å²) in [6, 6.07) is 0. The third-order valence-electron chi connectivity index (χ3n) is 3.24. The number of nitrogens with one attached hydrogen (secondary N) is 1. The predicted molar refractivity (Wildman–Crippen MR) is 64.6 cm³/mol. The van der Waals surface area contributed by atoms with E-state index in [4.69, 9.17) is 5.11 Å². The smallest absolute Gasteiger partial charge is 0.303 e. The van der Waals surface area contributed by atoms with Crippen LogP contribution >= 0.6 is 0 Å². The van der Waals surface area contributed by atoms with E-state index in [1.54, 1.807) is 0 Å². The lowest BCUT2D eigenvalue weighted by Gasteiger charge is -2.14. The summed E-state index contributed by atoms with van der Waals surface area (Å²) in [6.45, 7) is 4.35. The van der Waals surface area contributed by atoms with Crippen LogP contribution in [0.2, 0.25) is 0 Å². The Morgan fingerprint density at radius 2 is 2.24 bits per heavy atom. The van der Waals surface area contributed by atoms with Crippen LogP contribution in [0.15, 0.2) is 0 Å². The van der Waals surface area contributed by atoms with E-state index in [2.05, 4.69) is 10.2 Å². The lowest BCUT2D eigenvalue weighted by molar-refractivity contribution is -0.137. The number of amides is 1. The highest BCUT2D eigenvalue weighted by Crippen LogP contribution is 2.14. The largest absolute Gasteiger partial charge is 0.481 e. The number of likely N-dealkylation sites (tertiary alicyclic amines) is 1. The highest BCUT2D eigenvalue weighted by Gasteiger charge is 2.25. The molecule has 0 saturated carbocycles. The molecule has 0 bridgehead atoms. The first-order chi connectivity index (χ1) is 7.99. The maximum Gasteiger partial charge on any atom is 0.303 e. The highest BCUT2D eigenvalue weighted by atomic mass is 16.4. The van der Waals surface area contributed by atoms with Gasteiger partial charge in [-0.3, -0.25) is 9.59 Å². The molecule has 1 aliphatic rings. The summed E-state index contributed by atoms with van der Waals surface area (Å²) >= 11 is 0. The second kappa shape index (κ2) is 6.59. The van der Waals surface area contributed by atoms with Gasteiger partial charge in [0.05, 0.1) is 5.92 Å². The van der Waals surface area contributed by atoms with Crippen molar-refractivity contribution in [2.24, 2.45) is 11.8 Å². The first kappa shape index (κ1) is 14.0. The van der Waals surface area contributed by atoms with Crippen LogP contribution in [-0.4, -0.2) is 48.6 Å². The summed E-state index contributed by atoms with van der Waals surface area (Å²) in [6.07, 6.45) is 1.70. The van der Waals surface area contributed by atoms with Crippen LogP contribution in [0.5, 0.6) is 0 Å². The van der Waals surface area contributed by atoms with Crippen LogP contribution < -0.4 is 5.32 Å². The predicted octanol–water partition coefficient (Wildman–Crippen LogP) is 0.555. The number of carboxylic acid groups (broad SMARTS) is 1. The third kappa shape index (κ3) is 5.17. The number of nitrogens with zero attached hydrogens (tertiary/aromatic N) is 1. The Kier molecular flexibility index (Phi) is 5.41. The monoisotopic (exact) mass is 242 g/mol. The molecule has 5 nitrogen and oxygen atoms in total. The van der Waals surface area contributed by atoms with Crippen molar-refractivity contribution in [2.45, 2.75) is 26.2 Å². The molecular formula is C12H22N2O3. The van der Waals surface area contributed by atoms with E-state index in [0.29, 0.717) is 13.0 Å². The van der Waals surface area contributed by atoms with Crippen LogP contribution in [-0.2, 0) is 9.59 Å². The van der Waals surface area contributed by atoms with Gasteiger partial charge in [0, 0.05) is 19.5 Å². The van der Waals surface area contributed by atoms with Crippen LogP contribution in [0.4, 0.5) is 0 Å². The Balaban J connectivity index is 2.17. The van der Waals surface area contributed by atoms with Crippen molar-refractivity contribution in [3.63, 3.8) is 0 Å². The molecule has 0 aliphatic carbocycles. The fraction of sp³-hybridized carbons (Fsp3) is 0.833. The molecule has 2 N–H and O–H groups in total. The van der Waals surface area contributed by atoms with Gasteiger partial charge in [0.25, 0.3) is 0 Å². The molecule has 0 radical (unpaired) electrons. The maximum atomic E-state index is 11.8. The molecule has 1 rings (SSSR count). The standard InChI is InChI=1S/C12H22N2O3/c1-9(3-4-11(15)16)7-13-12(17)10-5-6-14(2)8-10/h9-10H,3-8H2,1-2H3,(H,13,17)(H,15,16). The minimum Gasteiger partial charge on any atom is -0.481 e. The molecule has 1 saturated heterocycles. The number of aliphatic carboxylic acids is 1. The summed E-state index contributed by atoms with van der Waals surface area (Å²) in [7, 11) is 2.02. The summed E-state index contributed by atoms with van der Waals surface area (Å²) in [5, 5.41) is 11.5. The normalized spacial score (nSPS) is 22.4. The molecule has 98 valence electrons. The quantitative estimate of drug-likeness (QED) is 0.714. The molecule has 1 heterocycles. The molecule has 2 unspecified atom stereocenters. The van der Waals surface area contributed by atoms with Crippen LogP contribution in [0, 0.1) is 11.8 Å². The van der Waals surface area contributed by atoms with Gasteiger partial charge in [-0.15, -0.1) is 0 Å². The number of carboxylic acids is 1. The van der Waals surface area contributed by atoms with E-state index in [0.717, 1.165) is 19.5 Å². The van der Waals surface area contributed by atoms with E-state index in [9.17, 15) is 9.59 Å². The zero-order chi connectivity index (χ0) is 12.8. The van der Waals surface area contributed by atoms with Gasteiger partial charge < -0.3 is 15.3 Å². The lowest BCUT2D eigenvalue weighted by Crippen LogP contribution is -2.35. The minimum atomic E-state index is -0.777. The molecule has 1 aliphatic heterocycles. The van der Waals surface area contributed by atoms with Gasteiger partial charge in [-0.25, -0.2) is 0 Å². The fourth-order valence-electron chi connectivity index (χ4n) is 2.04. The number of carbonyl (C=O) groups excluding carboxylic acids is 1. The highest BCUT2D eigenvalue weighted by molar-refractivity contribution is 5.79. The molecule has 0 spiro atoms. The molecule has 5 heteroatoms. The summed E-state index contributed by atoms with van der Waals surface area (Å²) < 4.78 is 0. The van der Waals surface area contributed by atoms with Gasteiger partial charge in [-0.1, -0.05) is 6.92 Å². The lowest BCUT2D eigenvalue weighted by atomic mass is 10.0. The van der Waals surface area contributed by atoms with Crippen LogP contribution in [0.25, 0.3) is 0 Å². The van der Waals surface area contributed by atoms with E-state index < -0.39 is 5.97 Å². The van der Waals surface area contributed by atoms with Gasteiger partial charge in [0.1, 0.15) is 0 Å². The van der Waals surface area contributed by atoms with Crippen molar-refractivity contribution in [2.75, 3.05) is 26.7 Å². The zero-order valence-electron chi connectivity index (χ0n) is 10.6. The topological polar surface area (TPSA) is 69.6 Å². The number of rotatable bonds is 6. The molecule has 0 aromatic rings. The van der Waals surface area contributed by atoms with E-state index >= 15 is 0 Å². The Labute approximate surface area is 102 Å². The minimum absolute atomic E-state index is 0.103. The average molecular weight is 242 g/mol. The fourth-order valence-corrected chi connectivity index (χ4v) is 2.04. The van der Waals surface area contributed by atoms with E-state index in [-0.39, 0.29) is 24.2 Å². The first-order valence-electron chi connectivity index (χ1n) is 6.17. The Morgan fingerprint density at radius 3 is 2.76 bits per heavy atom. The molecule has 17 heavy (non-hydrogen) atoms. The van der Waals surface area contributed by atoms with Gasteiger partial charge in [-0.2, -0.15) is 0 Å². The van der Waals surface area contributed by atoms with Crippen molar-refractivity contribution in [3.8, 4) is 0 Å². The average Bonchev–Trinajstić information content (AvgIpc) is 2.70. The van der Waals surface area contributed by atoms with Crippen LogP contribution in [0.3, 0.4) is 0 Å². The second-order valence-electron chi connectivity index (χ2n) is 5.03. The van der Waals surface area contributed by atoms with Crippen molar-refractivity contribution in [3.05, 3.63) is 0 Å². The second-order valence-corrected chi connectivity index (χ2v) is 5.03. The van der Waals surface area contributed by atoms with Crippen molar-refractivity contribution in [1.82, 2.24) is 10.2 Å². The van der Waals surface area contributed by atoms with Crippen molar-refractivity contribution >= 4 is 11.9 Å². The molecule has 0 aromatic carbocycles. The number of hydrogen-bond acceptors (Lipinski definition) is 3. The van der Waals surface area contributed by atoms with Crippen molar-refractivity contribution in [1.29, 1.82) is 0 Å². The summed E-state index contributed by atoms with van der Waals surface area (Å²) in [4.78, 5) is 24.3. The molecule has 1 fully saturated rings. The molecule has 0 aromatic heterocycles. The molecule has 2 atom stereocenters. The zero-order valence-corrected chi connectivity index (χ0v) is 10.6. The number of carbonyl (C=O) groups is 2. The third-order valence-corrected chi connectivity index (χ3v) is 3.24. The Morgan fingerprint density at radius 1 is 1.53 bits per heavy atom. The van der Waals surface area contributed by atoms with Crippen LogP contribution in [0.1, 0.15) is 26.2 Å². The van der Waals surface area contributed by atoms with E-state index in [1.165, 1.54) is 0 Å². The Bertz CT molecular complexity index is 281. The number of hydrogen-bond donors (Lipinski definition) is 2. The Hall–Kier alpha value is -1.10. The molecule has 1 amide bonds. The van der Waals surface area contributed by atoms with Gasteiger partial charge in [-0.05, 0) is 32.4 Å². The van der Waals surface area contributed by atoms with Gasteiger partial charge >= 0.3 is 5.97 Å². The SMILES string of the molecule is CC(CCC(=O)O)CNC(=O)C1CCN(C)C1. The van der Waals surface area contributed by atoms with Gasteiger partial charge in [0.2, 0.25) is 5.91 Å². The summed E-state index contributed by atoms with van der Waals surface area (Å²) in [5.41, 5.74) is 0. The molecular weight excluding hydrogens is 220 g/mol. The first-order valence-corrected chi connectivity index (χ1v) is 6.17. The van der Waals surface area contributed by atoms with E-state index in [1.807, 2.05) is 14.0 Å². The van der Waals surface area contributed by atoms with Gasteiger partial charge in [0.15, 0.2) is 0 Å². The van der Waals surface area contributed by atoms with Crippen molar-refractivity contribution < 1.29 is 14.7 Å². The maximum absolute atomic E-state index is 11.8.